The fourth-order valence-corrected chi connectivity index (χ4v) is 5.81. The second-order valence-corrected chi connectivity index (χ2v) is 10.2. The lowest BCUT2D eigenvalue weighted by Crippen LogP contribution is -2.43. The molecule has 4 rings (SSSR count). The number of piperidine rings is 2. The summed E-state index contributed by atoms with van der Waals surface area (Å²) in [6.07, 6.45) is 4.93. The minimum absolute atomic E-state index is 0.0447. The summed E-state index contributed by atoms with van der Waals surface area (Å²) in [6, 6.07) is 12.6. The van der Waals surface area contributed by atoms with Gasteiger partial charge in [0.05, 0.1) is 10.8 Å². The van der Waals surface area contributed by atoms with Crippen LogP contribution in [0.1, 0.15) is 32.1 Å². The van der Waals surface area contributed by atoms with Gasteiger partial charge in [0, 0.05) is 37.6 Å². The summed E-state index contributed by atoms with van der Waals surface area (Å²) >= 11 is 0. The van der Waals surface area contributed by atoms with Crippen molar-refractivity contribution in [1.82, 2.24) is 4.31 Å². The average molecular weight is 446 g/mol. The lowest BCUT2D eigenvalue weighted by Gasteiger charge is -2.31. The number of benzene rings is 2. The molecule has 1 amide bonds. The van der Waals surface area contributed by atoms with Crippen molar-refractivity contribution in [1.29, 1.82) is 0 Å². The van der Waals surface area contributed by atoms with Crippen molar-refractivity contribution in [3.63, 3.8) is 0 Å². The van der Waals surface area contributed by atoms with Crippen LogP contribution in [0.2, 0.25) is 0 Å². The number of rotatable bonds is 5. The van der Waals surface area contributed by atoms with Crippen LogP contribution in [-0.4, -0.2) is 44.8 Å². The summed E-state index contributed by atoms with van der Waals surface area (Å²) in [5, 5.41) is 2.93. The van der Waals surface area contributed by atoms with Crippen molar-refractivity contribution in [2.75, 3.05) is 36.4 Å². The van der Waals surface area contributed by atoms with Crippen molar-refractivity contribution < 1.29 is 17.6 Å². The zero-order chi connectivity index (χ0) is 21.8. The summed E-state index contributed by atoms with van der Waals surface area (Å²) in [4.78, 5) is 15.2. The highest BCUT2D eigenvalue weighted by Crippen LogP contribution is 2.26. The van der Waals surface area contributed by atoms with Gasteiger partial charge < -0.3 is 10.2 Å². The predicted octanol–water partition coefficient (Wildman–Crippen LogP) is 3.86. The quantitative estimate of drug-likeness (QED) is 0.759. The molecule has 2 aliphatic heterocycles. The molecular formula is C23H28FN3O3S. The molecule has 8 heteroatoms. The molecule has 0 spiro atoms. The Hall–Kier alpha value is -2.45. The van der Waals surface area contributed by atoms with E-state index in [1.807, 2.05) is 24.3 Å². The molecule has 6 nitrogen and oxygen atoms in total. The molecule has 0 aromatic heterocycles. The maximum absolute atomic E-state index is 13.2. The van der Waals surface area contributed by atoms with Crippen LogP contribution in [0.5, 0.6) is 0 Å². The van der Waals surface area contributed by atoms with Gasteiger partial charge in [-0.25, -0.2) is 12.8 Å². The lowest BCUT2D eigenvalue weighted by atomic mass is 9.98. The highest BCUT2D eigenvalue weighted by molar-refractivity contribution is 7.89. The first kappa shape index (κ1) is 21.8. The van der Waals surface area contributed by atoms with E-state index in [-0.39, 0.29) is 17.3 Å². The molecule has 0 unspecified atom stereocenters. The Morgan fingerprint density at radius 1 is 0.903 bits per heavy atom. The third kappa shape index (κ3) is 5.07. The largest absolute Gasteiger partial charge is 0.372 e. The Labute approximate surface area is 183 Å². The highest BCUT2D eigenvalue weighted by Gasteiger charge is 2.33. The minimum atomic E-state index is -3.76. The van der Waals surface area contributed by atoms with E-state index in [4.69, 9.17) is 0 Å². The van der Waals surface area contributed by atoms with Crippen LogP contribution in [0, 0.1) is 11.7 Å². The van der Waals surface area contributed by atoms with Crippen LogP contribution >= 0.6 is 0 Å². The van der Waals surface area contributed by atoms with Crippen molar-refractivity contribution in [3.05, 3.63) is 54.3 Å². The van der Waals surface area contributed by atoms with Crippen LogP contribution in [0.4, 0.5) is 15.8 Å². The molecule has 31 heavy (non-hydrogen) atoms. The third-order valence-corrected chi connectivity index (χ3v) is 7.94. The molecule has 2 aromatic rings. The second kappa shape index (κ2) is 9.36. The first-order chi connectivity index (χ1) is 14.9. The molecule has 2 heterocycles. The first-order valence-electron chi connectivity index (χ1n) is 10.8. The number of carbonyl (C=O) groups is 1. The van der Waals surface area contributed by atoms with Crippen LogP contribution in [0.15, 0.2) is 53.4 Å². The Morgan fingerprint density at radius 2 is 1.58 bits per heavy atom. The summed E-state index contributed by atoms with van der Waals surface area (Å²) in [5.74, 6) is -1.09. The number of carbonyl (C=O) groups excluding carboxylic acids is 1. The summed E-state index contributed by atoms with van der Waals surface area (Å²) < 4.78 is 40.2. The molecule has 166 valence electrons. The number of nitrogens with one attached hydrogen (secondary N) is 1. The smallest absolute Gasteiger partial charge is 0.243 e. The predicted molar refractivity (Wildman–Crippen MR) is 119 cm³/mol. The Morgan fingerprint density at radius 3 is 2.26 bits per heavy atom. The van der Waals surface area contributed by atoms with Crippen LogP contribution < -0.4 is 10.2 Å². The fourth-order valence-electron chi connectivity index (χ4n) is 4.28. The zero-order valence-corrected chi connectivity index (χ0v) is 18.3. The molecule has 2 saturated heterocycles. The first-order valence-corrected chi connectivity index (χ1v) is 12.3. The van der Waals surface area contributed by atoms with E-state index in [1.165, 1.54) is 35.7 Å². The van der Waals surface area contributed by atoms with E-state index in [0.29, 0.717) is 25.1 Å². The average Bonchev–Trinajstić information content (AvgIpc) is 2.80. The van der Waals surface area contributed by atoms with Crippen LogP contribution in [-0.2, 0) is 14.8 Å². The topological polar surface area (TPSA) is 69.7 Å². The van der Waals surface area contributed by atoms with E-state index in [2.05, 4.69) is 10.2 Å². The molecule has 2 fully saturated rings. The molecule has 0 radical (unpaired) electrons. The molecule has 1 atom stereocenters. The summed E-state index contributed by atoms with van der Waals surface area (Å²) in [7, 11) is -3.76. The van der Waals surface area contributed by atoms with Gasteiger partial charge in [-0.15, -0.1) is 0 Å². The minimum Gasteiger partial charge on any atom is -0.372 e. The summed E-state index contributed by atoms with van der Waals surface area (Å²) in [5.41, 5.74) is 1.87. The maximum Gasteiger partial charge on any atom is 0.243 e. The van der Waals surface area contributed by atoms with E-state index in [0.717, 1.165) is 30.9 Å². The molecule has 0 aliphatic carbocycles. The molecular weight excluding hydrogens is 417 g/mol. The van der Waals surface area contributed by atoms with Gasteiger partial charge in [-0.3, -0.25) is 4.79 Å². The number of hydrogen-bond donors (Lipinski definition) is 1. The molecule has 0 saturated carbocycles. The van der Waals surface area contributed by atoms with E-state index >= 15 is 0 Å². The Balaban J connectivity index is 1.39. The number of hydrogen-bond acceptors (Lipinski definition) is 4. The van der Waals surface area contributed by atoms with Crippen LogP contribution in [0.25, 0.3) is 0 Å². The van der Waals surface area contributed by atoms with Crippen molar-refractivity contribution in [2.24, 2.45) is 5.92 Å². The maximum atomic E-state index is 13.2. The highest BCUT2D eigenvalue weighted by atomic mass is 32.2. The zero-order valence-electron chi connectivity index (χ0n) is 17.5. The van der Waals surface area contributed by atoms with E-state index in [9.17, 15) is 17.6 Å². The van der Waals surface area contributed by atoms with Gasteiger partial charge in [-0.05, 0) is 80.6 Å². The Bertz CT molecular complexity index is 1000. The molecule has 2 aromatic carbocycles. The molecule has 1 N–H and O–H groups in total. The molecule has 2 aliphatic rings. The summed E-state index contributed by atoms with van der Waals surface area (Å²) in [6.45, 7) is 2.60. The number of amides is 1. The van der Waals surface area contributed by atoms with Crippen molar-refractivity contribution in [2.45, 2.75) is 37.0 Å². The standard InChI is InChI=1S/C23H28FN3O3S/c24-19-6-12-22(13-7-19)31(29,30)27-16-4-5-18(17-27)23(28)25-20-8-10-21(11-9-20)26-14-2-1-3-15-26/h6-13,18H,1-5,14-17H2,(H,25,28)/t18-/m1/s1. The van der Waals surface area contributed by atoms with Gasteiger partial charge in [0.2, 0.25) is 15.9 Å². The SMILES string of the molecule is O=C(Nc1ccc(N2CCCCC2)cc1)[C@@H]1CCCN(S(=O)(=O)c2ccc(F)cc2)C1. The number of halogens is 1. The number of sulfonamides is 1. The van der Waals surface area contributed by atoms with Crippen molar-refractivity contribution >= 4 is 27.3 Å². The second-order valence-electron chi connectivity index (χ2n) is 8.24. The van der Waals surface area contributed by atoms with Gasteiger partial charge in [0.1, 0.15) is 5.82 Å². The third-order valence-electron chi connectivity index (χ3n) is 6.06. The number of nitrogens with zero attached hydrogens (tertiary/aromatic N) is 2. The van der Waals surface area contributed by atoms with Gasteiger partial charge in [-0.2, -0.15) is 4.31 Å². The van der Waals surface area contributed by atoms with Crippen LogP contribution in [0.3, 0.4) is 0 Å². The van der Waals surface area contributed by atoms with Gasteiger partial charge >= 0.3 is 0 Å². The van der Waals surface area contributed by atoms with Gasteiger partial charge in [0.25, 0.3) is 0 Å². The normalized spacial score (nSPS) is 20.4. The Kier molecular flexibility index (Phi) is 6.57. The lowest BCUT2D eigenvalue weighted by molar-refractivity contribution is -0.120. The van der Waals surface area contributed by atoms with Gasteiger partial charge in [0.15, 0.2) is 0 Å². The number of anilines is 2. The van der Waals surface area contributed by atoms with Gasteiger partial charge in [-0.1, -0.05) is 0 Å². The van der Waals surface area contributed by atoms with Crippen molar-refractivity contribution in [3.8, 4) is 0 Å². The van der Waals surface area contributed by atoms with E-state index in [1.54, 1.807) is 0 Å². The molecule has 0 bridgehead atoms. The monoisotopic (exact) mass is 445 g/mol. The fraction of sp³-hybridized carbons (Fsp3) is 0.435. The van der Waals surface area contributed by atoms with E-state index < -0.39 is 21.8 Å².